The Balaban J connectivity index is 2.50. The number of amides is 1. The molecule has 3 N–H and O–H groups in total. The van der Waals surface area contributed by atoms with E-state index in [0.717, 1.165) is 0 Å². The number of nitrogens with two attached hydrogens (primary N) is 1. The third kappa shape index (κ3) is 3.21. The number of pyridine rings is 1. The normalized spacial score (nSPS) is 12.2. The standard InChI is InChI=1S/C9H13N3O/c1-7(10)6-12-9(13)8-2-4-11-5-3-8/h2-5,7H,6,10H2,1H3,(H,12,13). The van der Waals surface area contributed by atoms with E-state index in [4.69, 9.17) is 5.73 Å². The minimum Gasteiger partial charge on any atom is -0.350 e. The number of nitrogens with zero attached hydrogens (tertiary/aromatic N) is 1. The first-order chi connectivity index (χ1) is 6.20. The van der Waals surface area contributed by atoms with Crippen LogP contribution in [0.2, 0.25) is 0 Å². The third-order valence-electron chi connectivity index (χ3n) is 1.53. The van der Waals surface area contributed by atoms with Crippen LogP contribution in [0.1, 0.15) is 17.3 Å². The van der Waals surface area contributed by atoms with Crippen molar-refractivity contribution in [2.75, 3.05) is 6.54 Å². The van der Waals surface area contributed by atoms with Crippen molar-refractivity contribution >= 4 is 5.91 Å². The number of hydrogen-bond acceptors (Lipinski definition) is 3. The lowest BCUT2D eigenvalue weighted by Crippen LogP contribution is -2.35. The molecule has 0 aliphatic rings. The summed E-state index contributed by atoms with van der Waals surface area (Å²) >= 11 is 0. The smallest absolute Gasteiger partial charge is 0.251 e. The highest BCUT2D eigenvalue weighted by molar-refractivity contribution is 5.93. The van der Waals surface area contributed by atoms with Crippen molar-refractivity contribution in [1.29, 1.82) is 0 Å². The molecule has 1 atom stereocenters. The first-order valence-corrected chi connectivity index (χ1v) is 4.14. The van der Waals surface area contributed by atoms with Gasteiger partial charge in [0.25, 0.3) is 5.91 Å². The van der Waals surface area contributed by atoms with Crippen LogP contribution in [0.3, 0.4) is 0 Å². The fourth-order valence-corrected chi connectivity index (χ4v) is 0.859. The summed E-state index contributed by atoms with van der Waals surface area (Å²) in [5, 5.41) is 2.71. The predicted octanol–water partition coefficient (Wildman–Crippen LogP) is 0.159. The van der Waals surface area contributed by atoms with Crippen LogP contribution in [0, 0.1) is 0 Å². The van der Waals surface area contributed by atoms with E-state index in [1.165, 1.54) is 0 Å². The molecule has 4 nitrogen and oxygen atoms in total. The van der Waals surface area contributed by atoms with Crippen molar-refractivity contribution < 1.29 is 4.79 Å². The van der Waals surface area contributed by atoms with Gasteiger partial charge in [0.15, 0.2) is 0 Å². The average Bonchev–Trinajstić information content (AvgIpc) is 2.15. The van der Waals surface area contributed by atoms with Crippen LogP contribution in [0.25, 0.3) is 0 Å². The molecule has 0 fully saturated rings. The second-order valence-electron chi connectivity index (χ2n) is 2.92. The minimum absolute atomic E-state index is 0.0224. The molecule has 1 heterocycles. The van der Waals surface area contributed by atoms with Gasteiger partial charge in [-0.1, -0.05) is 0 Å². The van der Waals surface area contributed by atoms with E-state index >= 15 is 0 Å². The van der Waals surface area contributed by atoms with Crippen molar-refractivity contribution in [2.24, 2.45) is 5.73 Å². The summed E-state index contributed by atoms with van der Waals surface area (Å²) in [4.78, 5) is 15.2. The highest BCUT2D eigenvalue weighted by Gasteiger charge is 2.03. The zero-order chi connectivity index (χ0) is 9.68. The molecule has 1 amide bonds. The summed E-state index contributed by atoms with van der Waals surface area (Å²) in [6.07, 6.45) is 3.17. The molecule has 0 radical (unpaired) electrons. The maximum atomic E-state index is 11.4. The van der Waals surface area contributed by atoms with E-state index in [-0.39, 0.29) is 11.9 Å². The van der Waals surface area contributed by atoms with Gasteiger partial charge >= 0.3 is 0 Å². The summed E-state index contributed by atoms with van der Waals surface area (Å²) in [6.45, 7) is 2.33. The Morgan fingerprint density at radius 3 is 2.77 bits per heavy atom. The van der Waals surface area contributed by atoms with Crippen LogP contribution in [0.5, 0.6) is 0 Å². The molecule has 0 aliphatic carbocycles. The van der Waals surface area contributed by atoms with Crippen LogP contribution in [0.15, 0.2) is 24.5 Å². The van der Waals surface area contributed by atoms with Crippen LogP contribution in [0.4, 0.5) is 0 Å². The van der Waals surface area contributed by atoms with Gasteiger partial charge in [-0.25, -0.2) is 0 Å². The van der Waals surface area contributed by atoms with Gasteiger partial charge in [-0.15, -0.1) is 0 Å². The lowest BCUT2D eigenvalue weighted by atomic mass is 10.2. The molecule has 0 aromatic carbocycles. The molecule has 0 bridgehead atoms. The average molecular weight is 179 g/mol. The van der Waals surface area contributed by atoms with Crippen molar-refractivity contribution in [2.45, 2.75) is 13.0 Å². The maximum absolute atomic E-state index is 11.4. The Labute approximate surface area is 77.2 Å². The first-order valence-electron chi connectivity index (χ1n) is 4.14. The summed E-state index contributed by atoms with van der Waals surface area (Å²) in [5.41, 5.74) is 6.10. The molecule has 1 aromatic rings. The van der Waals surface area contributed by atoms with E-state index in [0.29, 0.717) is 12.1 Å². The molecule has 70 valence electrons. The fourth-order valence-electron chi connectivity index (χ4n) is 0.859. The molecule has 4 heteroatoms. The molecule has 0 saturated carbocycles. The van der Waals surface area contributed by atoms with Crippen molar-refractivity contribution in [3.8, 4) is 0 Å². The van der Waals surface area contributed by atoms with E-state index in [1.54, 1.807) is 24.5 Å². The Morgan fingerprint density at radius 1 is 1.62 bits per heavy atom. The molecule has 0 saturated heterocycles. The van der Waals surface area contributed by atoms with Crippen molar-refractivity contribution in [3.05, 3.63) is 30.1 Å². The zero-order valence-corrected chi connectivity index (χ0v) is 7.53. The summed E-state index contributed by atoms with van der Waals surface area (Å²) in [5.74, 6) is -0.111. The number of carbonyl (C=O) groups is 1. The van der Waals surface area contributed by atoms with E-state index in [9.17, 15) is 4.79 Å². The van der Waals surface area contributed by atoms with Gasteiger partial charge in [-0.05, 0) is 19.1 Å². The number of carbonyl (C=O) groups excluding carboxylic acids is 1. The summed E-state index contributed by atoms with van der Waals surface area (Å²) < 4.78 is 0. The van der Waals surface area contributed by atoms with Gasteiger partial charge in [0.1, 0.15) is 0 Å². The van der Waals surface area contributed by atoms with Crippen LogP contribution in [-0.2, 0) is 0 Å². The molecular formula is C9H13N3O. The van der Waals surface area contributed by atoms with Gasteiger partial charge < -0.3 is 11.1 Å². The van der Waals surface area contributed by atoms with Gasteiger partial charge in [0, 0.05) is 30.5 Å². The number of aromatic nitrogens is 1. The van der Waals surface area contributed by atoms with E-state index < -0.39 is 0 Å². The predicted molar refractivity (Wildman–Crippen MR) is 50.2 cm³/mol. The number of rotatable bonds is 3. The minimum atomic E-state index is -0.111. The van der Waals surface area contributed by atoms with Crippen molar-refractivity contribution in [1.82, 2.24) is 10.3 Å². The summed E-state index contributed by atoms with van der Waals surface area (Å²) in [6, 6.07) is 3.30. The van der Waals surface area contributed by atoms with Crippen molar-refractivity contribution in [3.63, 3.8) is 0 Å². The van der Waals surface area contributed by atoms with Gasteiger partial charge in [0.05, 0.1) is 0 Å². The van der Waals surface area contributed by atoms with E-state index in [1.807, 2.05) is 6.92 Å². The molecule has 13 heavy (non-hydrogen) atoms. The molecule has 1 rings (SSSR count). The quantitative estimate of drug-likeness (QED) is 0.694. The van der Waals surface area contributed by atoms with Gasteiger partial charge in [-0.3, -0.25) is 9.78 Å². The van der Waals surface area contributed by atoms with Gasteiger partial charge in [0.2, 0.25) is 0 Å². The highest BCUT2D eigenvalue weighted by Crippen LogP contribution is 1.94. The number of nitrogens with one attached hydrogen (secondary N) is 1. The Kier molecular flexibility index (Phi) is 3.40. The van der Waals surface area contributed by atoms with Gasteiger partial charge in [-0.2, -0.15) is 0 Å². The Hall–Kier alpha value is -1.42. The third-order valence-corrected chi connectivity index (χ3v) is 1.53. The molecule has 0 spiro atoms. The van der Waals surface area contributed by atoms with Crippen LogP contribution in [-0.4, -0.2) is 23.5 Å². The van der Waals surface area contributed by atoms with Crippen LogP contribution < -0.4 is 11.1 Å². The largest absolute Gasteiger partial charge is 0.350 e. The molecule has 0 aliphatic heterocycles. The molecule has 1 aromatic heterocycles. The molecular weight excluding hydrogens is 166 g/mol. The maximum Gasteiger partial charge on any atom is 0.251 e. The van der Waals surface area contributed by atoms with E-state index in [2.05, 4.69) is 10.3 Å². The topological polar surface area (TPSA) is 68.0 Å². The highest BCUT2D eigenvalue weighted by atomic mass is 16.1. The second-order valence-corrected chi connectivity index (χ2v) is 2.92. The summed E-state index contributed by atoms with van der Waals surface area (Å²) in [7, 11) is 0. The second kappa shape index (κ2) is 4.57. The zero-order valence-electron chi connectivity index (χ0n) is 7.53. The SMILES string of the molecule is CC(N)CNC(=O)c1ccncc1. The van der Waals surface area contributed by atoms with Crippen LogP contribution >= 0.6 is 0 Å². The number of hydrogen-bond donors (Lipinski definition) is 2. The fraction of sp³-hybridized carbons (Fsp3) is 0.333. The monoisotopic (exact) mass is 179 g/mol. The molecule has 1 unspecified atom stereocenters. The first kappa shape index (κ1) is 9.67. The lowest BCUT2D eigenvalue weighted by Gasteiger charge is -2.06. The Morgan fingerprint density at radius 2 is 2.23 bits per heavy atom. The Bertz CT molecular complexity index is 271. The lowest BCUT2D eigenvalue weighted by molar-refractivity contribution is 0.0951.